The molecule has 0 aliphatic heterocycles. The van der Waals surface area contributed by atoms with E-state index in [0.29, 0.717) is 4.75 Å². The fourth-order valence-electron chi connectivity index (χ4n) is 2.21. The zero-order chi connectivity index (χ0) is 13.9. The van der Waals surface area contributed by atoms with E-state index in [1.54, 1.807) is 0 Å². The summed E-state index contributed by atoms with van der Waals surface area (Å²) in [6.07, 6.45) is 0.987. The second kappa shape index (κ2) is 6.12. The highest BCUT2D eigenvalue weighted by atomic mass is 32.2. The number of benzene rings is 1. The summed E-state index contributed by atoms with van der Waals surface area (Å²) in [5.74, 6) is 1.02. The average Bonchev–Trinajstić information content (AvgIpc) is 2.19. The van der Waals surface area contributed by atoms with Gasteiger partial charge in [-0.1, -0.05) is 38.5 Å². The Morgan fingerprint density at radius 2 is 1.61 bits per heavy atom. The molecule has 1 aromatic carbocycles. The maximum Gasteiger partial charge on any atom is 0.0171 e. The third kappa shape index (κ3) is 5.03. The number of hydrogen-bond acceptors (Lipinski definition) is 2. The van der Waals surface area contributed by atoms with Gasteiger partial charge in [-0.3, -0.25) is 0 Å². The highest BCUT2D eigenvalue weighted by Crippen LogP contribution is 2.25. The first kappa shape index (κ1) is 15.6. The van der Waals surface area contributed by atoms with Gasteiger partial charge in [0.05, 0.1) is 0 Å². The lowest BCUT2D eigenvalue weighted by Crippen LogP contribution is -2.28. The Morgan fingerprint density at radius 1 is 1.11 bits per heavy atom. The first-order valence-electron chi connectivity index (χ1n) is 6.65. The summed E-state index contributed by atoms with van der Waals surface area (Å²) in [7, 11) is 0. The smallest absolute Gasteiger partial charge is 0.0171 e. The van der Waals surface area contributed by atoms with Crippen LogP contribution in [0.4, 0.5) is 0 Å². The molecule has 1 atom stereocenters. The van der Waals surface area contributed by atoms with Crippen LogP contribution >= 0.6 is 11.8 Å². The summed E-state index contributed by atoms with van der Waals surface area (Å²) in [5.41, 5.74) is 11.8. The van der Waals surface area contributed by atoms with Crippen molar-refractivity contribution in [3.63, 3.8) is 0 Å². The lowest BCUT2D eigenvalue weighted by molar-refractivity contribution is 0.728. The van der Waals surface area contributed by atoms with Crippen molar-refractivity contribution >= 4 is 11.8 Å². The highest BCUT2D eigenvalue weighted by Gasteiger charge is 2.15. The van der Waals surface area contributed by atoms with Crippen molar-refractivity contribution in [1.82, 2.24) is 0 Å². The molecule has 2 N–H and O–H groups in total. The number of hydrogen-bond donors (Lipinski definition) is 1. The minimum atomic E-state index is 0.245. The van der Waals surface area contributed by atoms with Crippen LogP contribution in [-0.4, -0.2) is 16.5 Å². The van der Waals surface area contributed by atoms with Gasteiger partial charge in [-0.2, -0.15) is 11.8 Å². The van der Waals surface area contributed by atoms with E-state index >= 15 is 0 Å². The van der Waals surface area contributed by atoms with E-state index < -0.39 is 0 Å². The van der Waals surface area contributed by atoms with Crippen molar-refractivity contribution in [3.8, 4) is 0 Å². The molecule has 102 valence electrons. The summed E-state index contributed by atoms with van der Waals surface area (Å²) >= 11 is 1.95. The lowest BCUT2D eigenvalue weighted by Gasteiger charge is -2.22. The number of thioether (sulfide) groups is 1. The van der Waals surface area contributed by atoms with Gasteiger partial charge in [0.2, 0.25) is 0 Å². The maximum atomic E-state index is 6.27. The maximum absolute atomic E-state index is 6.27. The molecule has 0 amide bonds. The van der Waals surface area contributed by atoms with Crippen LogP contribution in [0, 0.1) is 20.8 Å². The van der Waals surface area contributed by atoms with Crippen LogP contribution in [0.5, 0.6) is 0 Å². The monoisotopic (exact) mass is 265 g/mol. The molecule has 0 aromatic heterocycles. The van der Waals surface area contributed by atoms with Gasteiger partial charge in [0, 0.05) is 16.5 Å². The molecule has 1 unspecified atom stereocenters. The Labute approximate surface area is 117 Å². The van der Waals surface area contributed by atoms with E-state index in [1.807, 2.05) is 11.8 Å². The van der Waals surface area contributed by atoms with E-state index in [-0.39, 0.29) is 6.04 Å². The molecule has 0 bridgehead atoms. The molecule has 0 aliphatic carbocycles. The average molecular weight is 265 g/mol. The molecule has 0 saturated carbocycles. The van der Waals surface area contributed by atoms with Crippen LogP contribution in [0.25, 0.3) is 0 Å². The molecular formula is C16H27NS. The van der Waals surface area contributed by atoms with E-state index in [0.717, 1.165) is 12.2 Å². The van der Waals surface area contributed by atoms with Crippen molar-refractivity contribution < 1.29 is 0 Å². The number of nitrogens with two attached hydrogens (primary N) is 1. The Bertz CT molecular complexity index is 381. The van der Waals surface area contributed by atoms with E-state index in [2.05, 4.69) is 53.7 Å². The Balaban J connectivity index is 2.68. The van der Waals surface area contributed by atoms with Gasteiger partial charge < -0.3 is 5.73 Å². The van der Waals surface area contributed by atoms with Crippen molar-refractivity contribution in [2.45, 2.75) is 58.8 Å². The van der Waals surface area contributed by atoms with E-state index in [9.17, 15) is 0 Å². The third-order valence-electron chi connectivity index (χ3n) is 3.04. The highest BCUT2D eigenvalue weighted by molar-refractivity contribution is 8.00. The summed E-state index contributed by atoms with van der Waals surface area (Å²) in [5, 5.41) is 0. The van der Waals surface area contributed by atoms with Crippen LogP contribution in [0.1, 0.15) is 43.0 Å². The molecule has 0 aliphatic rings. The van der Waals surface area contributed by atoms with Crippen molar-refractivity contribution in [2.75, 3.05) is 5.75 Å². The van der Waals surface area contributed by atoms with Crippen LogP contribution in [0.3, 0.4) is 0 Å². The predicted molar refractivity (Wildman–Crippen MR) is 84.5 cm³/mol. The first-order chi connectivity index (χ1) is 8.19. The van der Waals surface area contributed by atoms with Crippen LogP contribution < -0.4 is 5.73 Å². The first-order valence-corrected chi connectivity index (χ1v) is 7.64. The molecule has 0 heterocycles. The zero-order valence-electron chi connectivity index (χ0n) is 12.6. The SMILES string of the molecule is Cc1cc(C)c(CC(N)CSC(C)(C)C)c(C)c1. The largest absolute Gasteiger partial charge is 0.327 e. The second-order valence-corrected chi connectivity index (χ2v) is 8.11. The topological polar surface area (TPSA) is 26.0 Å². The van der Waals surface area contributed by atoms with Crippen molar-refractivity contribution in [3.05, 3.63) is 34.4 Å². The minimum Gasteiger partial charge on any atom is -0.327 e. The van der Waals surface area contributed by atoms with Gasteiger partial charge >= 0.3 is 0 Å². The van der Waals surface area contributed by atoms with Crippen LogP contribution in [-0.2, 0) is 6.42 Å². The molecule has 0 saturated heterocycles. The second-order valence-electron chi connectivity index (χ2n) is 6.26. The normalized spacial score (nSPS) is 13.7. The fourth-order valence-corrected chi connectivity index (χ4v) is 3.04. The fraction of sp³-hybridized carbons (Fsp3) is 0.625. The van der Waals surface area contributed by atoms with E-state index in [4.69, 9.17) is 5.73 Å². The van der Waals surface area contributed by atoms with Crippen molar-refractivity contribution in [2.24, 2.45) is 5.73 Å². The number of aryl methyl sites for hydroxylation is 3. The molecule has 0 radical (unpaired) electrons. The summed E-state index contributed by atoms with van der Waals surface area (Å²) in [6, 6.07) is 4.76. The summed E-state index contributed by atoms with van der Waals surface area (Å²) in [4.78, 5) is 0. The van der Waals surface area contributed by atoms with Gasteiger partial charge in [-0.25, -0.2) is 0 Å². The van der Waals surface area contributed by atoms with E-state index in [1.165, 1.54) is 22.3 Å². The molecule has 2 heteroatoms. The zero-order valence-corrected chi connectivity index (χ0v) is 13.4. The third-order valence-corrected chi connectivity index (χ3v) is 4.50. The Kier molecular flexibility index (Phi) is 5.30. The standard InChI is InChI=1S/C16H27NS/c1-11-7-12(2)15(13(3)8-11)9-14(17)10-18-16(4,5)6/h7-8,14H,9-10,17H2,1-6H3. The van der Waals surface area contributed by atoms with Crippen LogP contribution in [0.2, 0.25) is 0 Å². The van der Waals surface area contributed by atoms with Gasteiger partial charge in [0.25, 0.3) is 0 Å². The molecule has 1 nitrogen and oxygen atoms in total. The molecule has 18 heavy (non-hydrogen) atoms. The van der Waals surface area contributed by atoms with Crippen molar-refractivity contribution in [1.29, 1.82) is 0 Å². The van der Waals surface area contributed by atoms with Gasteiger partial charge in [0.15, 0.2) is 0 Å². The van der Waals surface area contributed by atoms with Gasteiger partial charge in [-0.05, 0) is 43.9 Å². The molecular weight excluding hydrogens is 238 g/mol. The van der Waals surface area contributed by atoms with Gasteiger partial charge in [0.1, 0.15) is 0 Å². The predicted octanol–water partition coefficient (Wildman–Crippen LogP) is 4.01. The lowest BCUT2D eigenvalue weighted by atomic mass is 9.95. The Morgan fingerprint density at radius 3 is 2.06 bits per heavy atom. The number of rotatable bonds is 4. The van der Waals surface area contributed by atoms with Crippen LogP contribution in [0.15, 0.2) is 12.1 Å². The minimum absolute atomic E-state index is 0.245. The molecule has 0 spiro atoms. The quantitative estimate of drug-likeness (QED) is 0.890. The molecule has 0 fully saturated rings. The molecule has 1 rings (SSSR count). The summed E-state index contributed by atoms with van der Waals surface area (Å²) in [6.45, 7) is 13.3. The van der Waals surface area contributed by atoms with Gasteiger partial charge in [-0.15, -0.1) is 0 Å². The molecule has 1 aromatic rings. The Hall–Kier alpha value is -0.470. The summed E-state index contributed by atoms with van der Waals surface area (Å²) < 4.78 is 0.301.